The zero-order valence-electron chi connectivity index (χ0n) is 8.20. The second-order valence-electron chi connectivity index (χ2n) is 2.85. The second-order valence-corrected chi connectivity index (χ2v) is 3.71. The van der Waals surface area contributed by atoms with Gasteiger partial charge in [-0.2, -0.15) is 0 Å². The van der Waals surface area contributed by atoms with Crippen LogP contribution in [-0.4, -0.2) is 17.6 Å². The fourth-order valence-corrected chi connectivity index (χ4v) is 1.66. The Morgan fingerprint density at radius 3 is 3.00 bits per heavy atom. The number of anilines is 1. The Labute approximate surface area is 86.7 Å². The van der Waals surface area contributed by atoms with E-state index in [0.717, 1.165) is 5.69 Å². The number of nitrogens with zero attached hydrogens (tertiary/aromatic N) is 1. The number of amides is 2. The van der Waals surface area contributed by atoms with Gasteiger partial charge in [0.15, 0.2) is 5.13 Å². The van der Waals surface area contributed by atoms with Gasteiger partial charge in [0.1, 0.15) is 0 Å². The summed E-state index contributed by atoms with van der Waals surface area (Å²) in [4.78, 5) is 15.3. The number of nitrogens with one attached hydrogen (secondary N) is 2. The highest BCUT2D eigenvalue weighted by Gasteiger charge is 2.07. The number of carbonyl (C=O) groups excluding carboxylic acids is 1. The molecule has 0 saturated carbocycles. The number of nitrogens with two attached hydrogens (primary N) is 1. The van der Waals surface area contributed by atoms with E-state index in [4.69, 9.17) is 5.73 Å². The monoisotopic (exact) mass is 214 g/mol. The van der Waals surface area contributed by atoms with Crippen LogP contribution in [0.2, 0.25) is 0 Å². The molecule has 0 fully saturated rings. The molecule has 0 aliphatic heterocycles. The summed E-state index contributed by atoms with van der Waals surface area (Å²) in [7, 11) is 0. The first kappa shape index (κ1) is 10.9. The van der Waals surface area contributed by atoms with Crippen molar-refractivity contribution in [2.24, 2.45) is 5.73 Å². The fourth-order valence-electron chi connectivity index (χ4n) is 0.855. The fraction of sp³-hybridized carbons (Fsp3) is 0.500. The summed E-state index contributed by atoms with van der Waals surface area (Å²) in [6.45, 7) is 4.30. The lowest BCUT2D eigenvalue weighted by Gasteiger charge is -2.01. The van der Waals surface area contributed by atoms with E-state index in [-0.39, 0.29) is 12.1 Å². The van der Waals surface area contributed by atoms with Gasteiger partial charge >= 0.3 is 6.03 Å². The molecule has 0 aliphatic rings. The van der Waals surface area contributed by atoms with Gasteiger partial charge in [0.2, 0.25) is 0 Å². The third-order valence-electron chi connectivity index (χ3n) is 1.55. The summed E-state index contributed by atoms with van der Waals surface area (Å²) in [5, 5.41) is 7.65. The molecule has 2 amide bonds. The van der Waals surface area contributed by atoms with Crippen LogP contribution in [-0.2, 0) is 0 Å². The lowest BCUT2D eigenvalue weighted by molar-refractivity contribution is 0.252. The molecule has 6 heteroatoms. The van der Waals surface area contributed by atoms with E-state index in [9.17, 15) is 4.79 Å². The standard InChI is InChI=1S/C8H14N4OS/c1-3-10-7(13)12-8-11-6(4-14-8)5(2)9/h4-5H,3,9H2,1-2H3,(H2,10,11,12,13). The highest BCUT2D eigenvalue weighted by molar-refractivity contribution is 7.13. The minimum Gasteiger partial charge on any atom is -0.338 e. The van der Waals surface area contributed by atoms with E-state index >= 15 is 0 Å². The van der Waals surface area contributed by atoms with E-state index in [1.165, 1.54) is 11.3 Å². The SMILES string of the molecule is CCNC(=O)Nc1nc(C(C)N)cs1. The molecule has 1 atom stereocenters. The lowest BCUT2D eigenvalue weighted by Crippen LogP contribution is -2.28. The molecule has 4 N–H and O–H groups in total. The van der Waals surface area contributed by atoms with Crippen molar-refractivity contribution in [1.29, 1.82) is 0 Å². The number of thiazole rings is 1. The maximum Gasteiger partial charge on any atom is 0.321 e. The lowest BCUT2D eigenvalue weighted by atomic mass is 10.3. The molecule has 5 nitrogen and oxygen atoms in total. The number of urea groups is 1. The van der Waals surface area contributed by atoms with Crippen LogP contribution in [0.1, 0.15) is 25.6 Å². The molecular weight excluding hydrogens is 200 g/mol. The number of rotatable bonds is 3. The second kappa shape index (κ2) is 4.92. The van der Waals surface area contributed by atoms with Crippen LogP contribution in [0.25, 0.3) is 0 Å². The molecule has 14 heavy (non-hydrogen) atoms. The topological polar surface area (TPSA) is 80.0 Å². The molecule has 1 aromatic rings. The summed E-state index contributed by atoms with van der Waals surface area (Å²) in [6.07, 6.45) is 0. The van der Waals surface area contributed by atoms with Crippen LogP contribution < -0.4 is 16.4 Å². The van der Waals surface area contributed by atoms with Crippen molar-refractivity contribution in [3.63, 3.8) is 0 Å². The van der Waals surface area contributed by atoms with Gasteiger partial charge in [-0.1, -0.05) is 0 Å². The first-order valence-corrected chi connectivity index (χ1v) is 5.27. The first-order valence-electron chi connectivity index (χ1n) is 4.39. The Kier molecular flexibility index (Phi) is 3.84. The Morgan fingerprint density at radius 1 is 1.79 bits per heavy atom. The average molecular weight is 214 g/mol. The van der Waals surface area contributed by atoms with Gasteiger partial charge in [-0.15, -0.1) is 11.3 Å². The minimum atomic E-state index is -0.238. The van der Waals surface area contributed by atoms with Crippen LogP contribution >= 0.6 is 11.3 Å². The smallest absolute Gasteiger partial charge is 0.321 e. The zero-order valence-corrected chi connectivity index (χ0v) is 9.02. The third kappa shape index (κ3) is 2.97. The van der Waals surface area contributed by atoms with Crippen molar-refractivity contribution >= 4 is 22.5 Å². The number of aromatic nitrogens is 1. The molecule has 0 saturated heterocycles. The van der Waals surface area contributed by atoms with Crippen LogP contribution in [0.4, 0.5) is 9.93 Å². The van der Waals surface area contributed by atoms with E-state index in [2.05, 4.69) is 15.6 Å². The zero-order chi connectivity index (χ0) is 10.6. The highest BCUT2D eigenvalue weighted by atomic mass is 32.1. The van der Waals surface area contributed by atoms with Crippen LogP contribution in [0.15, 0.2) is 5.38 Å². The van der Waals surface area contributed by atoms with Crippen molar-refractivity contribution in [2.45, 2.75) is 19.9 Å². The van der Waals surface area contributed by atoms with Gasteiger partial charge in [0.05, 0.1) is 5.69 Å². The van der Waals surface area contributed by atoms with E-state index in [0.29, 0.717) is 11.7 Å². The maximum atomic E-state index is 11.1. The normalized spacial score (nSPS) is 12.2. The predicted molar refractivity (Wildman–Crippen MR) is 57.4 cm³/mol. The molecule has 0 bridgehead atoms. The van der Waals surface area contributed by atoms with Crippen molar-refractivity contribution in [1.82, 2.24) is 10.3 Å². The molecule has 78 valence electrons. The van der Waals surface area contributed by atoms with Gasteiger partial charge < -0.3 is 11.1 Å². The Bertz CT molecular complexity index is 310. The third-order valence-corrected chi connectivity index (χ3v) is 2.32. The van der Waals surface area contributed by atoms with Crippen molar-refractivity contribution in [3.05, 3.63) is 11.1 Å². The summed E-state index contributed by atoms with van der Waals surface area (Å²) in [5.41, 5.74) is 6.43. The van der Waals surface area contributed by atoms with Gasteiger partial charge in [-0.3, -0.25) is 5.32 Å². The molecule has 0 spiro atoms. The molecule has 1 heterocycles. The van der Waals surface area contributed by atoms with Gasteiger partial charge in [-0.25, -0.2) is 9.78 Å². The van der Waals surface area contributed by atoms with Crippen LogP contribution in [0, 0.1) is 0 Å². The van der Waals surface area contributed by atoms with Crippen molar-refractivity contribution < 1.29 is 4.79 Å². The van der Waals surface area contributed by atoms with Crippen molar-refractivity contribution in [3.8, 4) is 0 Å². The molecule has 1 rings (SSSR count). The van der Waals surface area contributed by atoms with E-state index < -0.39 is 0 Å². The molecule has 0 radical (unpaired) electrons. The van der Waals surface area contributed by atoms with E-state index in [1.54, 1.807) is 0 Å². The van der Waals surface area contributed by atoms with Crippen LogP contribution in [0.5, 0.6) is 0 Å². The van der Waals surface area contributed by atoms with Gasteiger partial charge in [0.25, 0.3) is 0 Å². The highest BCUT2D eigenvalue weighted by Crippen LogP contribution is 2.18. The number of carbonyl (C=O) groups is 1. The van der Waals surface area contributed by atoms with Crippen LogP contribution in [0.3, 0.4) is 0 Å². The predicted octanol–water partition coefficient (Wildman–Crippen LogP) is 1.30. The molecular formula is C8H14N4OS. The summed E-state index contributed by atoms with van der Waals surface area (Å²) in [5.74, 6) is 0. The number of hydrogen-bond acceptors (Lipinski definition) is 4. The number of hydrogen-bond donors (Lipinski definition) is 3. The largest absolute Gasteiger partial charge is 0.338 e. The van der Waals surface area contributed by atoms with Crippen molar-refractivity contribution in [2.75, 3.05) is 11.9 Å². The summed E-state index contributed by atoms with van der Waals surface area (Å²) >= 11 is 1.37. The maximum absolute atomic E-state index is 11.1. The summed E-state index contributed by atoms with van der Waals surface area (Å²) in [6, 6.07) is -0.339. The minimum absolute atomic E-state index is 0.101. The van der Waals surface area contributed by atoms with Gasteiger partial charge in [0, 0.05) is 18.0 Å². The summed E-state index contributed by atoms with van der Waals surface area (Å²) < 4.78 is 0. The van der Waals surface area contributed by atoms with Gasteiger partial charge in [-0.05, 0) is 13.8 Å². The quantitative estimate of drug-likeness (QED) is 0.709. The Morgan fingerprint density at radius 2 is 2.50 bits per heavy atom. The Balaban J connectivity index is 2.55. The Hall–Kier alpha value is -1.14. The molecule has 1 unspecified atom stereocenters. The first-order chi connectivity index (χ1) is 6.63. The van der Waals surface area contributed by atoms with E-state index in [1.807, 2.05) is 19.2 Å². The average Bonchev–Trinajstić information content (AvgIpc) is 2.53. The molecule has 0 aromatic carbocycles. The molecule has 0 aliphatic carbocycles. The molecule has 1 aromatic heterocycles.